The van der Waals surface area contributed by atoms with Gasteiger partial charge in [0.15, 0.2) is 0 Å². The van der Waals surface area contributed by atoms with Gasteiger partial charge in [0, 0.05) is 61.5 Å². The van der Waals surface area contributed by atoms with E-state index < -0.39 is 0 Å². The third-order valence-electron chi connectivity index (χ3n) is 6.31. The van der Waals surface area contributed by atoms with Crippen LogP contribution in [-0.4, -0.2) is 64.5 Å². The average molecular weight is 492 g/mol. The second-order valence-electron chi connectivity index (χ2n) is 8.69. The van der Waals surface area contributed by atoms with Crippen LogP contribution in [0.2, 0.25) is 5.02 Å². The Morgan fingerprint density at radius 1 is 1.00 bits per heavy atom. The van der Waals surface area contributed by atoms with Gasteiger partial charge in [-0.3, -0.25) is 14.5 Å². The minimum Gasteiger partial charge on any atom is -0.338 e. The number of anilines is 1. The van der Waals surface area contributed by atoms with Crippen molar-refractivity contribution in [1.29, 1.82) is 0 Å². The van der Waals surface area contributed by atoms with Gasteiger partial charge in [-0.25, -0.2) is 0 Å². The van der Waals surface area contributed by atoms with E-state index in [1.807, 2.05) is 52.3 Å². The molecule has 3 aromatic rings. The van der Waals surface area contributed by atoms with Crippen molar-refractivity contribution in [2.45, 2.75) is 19.4 Å². The number of piperazine rings is 1. The minimum absolute atomic E-state index is 0.00809. The molecular formula is C26H26ClN5O3. The molecule has 0 bridgehead atoms. The fraction of sp³-hybridized carbons (Fsp3) is 0.308. The molecular weight excluding hydrogens is 466 g/mol. The molecule has 9 heteroatoms. The zero-order chi connectivity index (χ0) is 24.2. The van der Waals surface area contributed by atoms with Crippen LogP contribution in [0.3, 0.4) is 0 Å². The first-order valence-corrected chi connectivity index (χ1v) is 12.1. The van der Waals surface area contributed by atoms with Gasteiger partial charge in [-0.05, 0) is 54.5 Å². The molecule has 2 aliphatic rings. The van der Waals surface area contributed by atoms with Crippen molar-refractivity contribution in [1.82, 2.24) is 19.9 Å². The number of nitrogens with zero attached hydrogens (tertiary/aromatic N) is 5. The summed E-state index contributed by atoms with van der Waals surface area (Å²) in [4.78, 5) is 34.9. The summed E-state index contributed by atoms with van der Waals surface area (Å²) in [6, 6.07) is 15.0. The van der Waals surface area contributed by atoms with Crippen LogP contribution in [0.25, 0.3) is 17.5 Å². The highest BCUT2D eigenvalue weighted by Crippen LogP contribution is 2.22. The Kier molecular flexibility index (Phi) is 6.92. The maximum absolute atomic E-state index is 12.7. The lowest BCUT2D eigenvalue weighted by atomic mass is 10.1. The maximum Gasteiger partial charge on any atom is 0.246 e. The summed E-state index contributed by atoms with van der Waals surface area (Å²) < 4.78 is 5.41. The lowest BCUT2D eigenvalue weighted by Crippen LogP contribution is -2.47. The number of halogens is 1. The van der Waals surface area contributed by atoms with Gasteiger partial charge in [0.05, 0.1) is 6.54 Å². The number of benzene rings is 2. The average Bonchev–Trinajstić information content (AvgIpc) is 3.53. The zero-order valence-corrected chi connectivity index (χ0v) is 20.0. The molecule has 2 amide bonds. The third kappa shape index (κ3) is 5.61. The van der Waals surface area contributed by atoms with Crippen molar-refractivity contribution in [2.24, 2.45) is 0 Å². The normalized spacial score (nSPS) is 17.0. The van der Waals surface area contributed by atoms with Gasteiger partial charge >= 0.3 is 0 Å². The molecule has 0 saturated carbocycles. The Morgan fingerprint density at radius 3 is 2.43 bits per heavy atom. The van der Waals surface area contributed by atoms with E-state index in [1.165, 1.54) is 0 Å². The maximum atomic E-state index is 12.7. The second-order valence-corrected chi connectivity index (χ2v) is 9.13. The van der Waals surface area contributed by atoms with Crippen LogP contribution in [0.15, 0.2) is 59.1 Å². The molecule has 0 unspecified atom stereocenters. The minimum atomic E-state index is -0.00809. The Labute approximate surface area is 208 Å². The molecule has 2 fully saturated rings. The molecule has 35 heavy (non-hydrogen) atoms. The molecule has 2 aliphatic heterocycles. The van der Waals surface area contributed by atoms with Crippen molar-refractivity contribution in [2.75, 3.05) is 37.6 Å². The van der Waals surface area contributed by atoms with Crippen LogP contribution in [0.4, 0.5) is 5.69 Å². The molecule has 8 nitrogen and oxygen atoms in total. The smallest absolute Gasteiger partial charge is 0.246 e. The topological polar surface area (TPSA) is 82.8 Å². The second kappa shape index (κ2) is 10.4. The van der Waals surface area contributed by atoms with E-state index in [2.05, 4.69) is 15.0 Å². The Hall–Kier alpha value is -3.49. The molecule has 0 aliphatic carbocycles. The monoisotopic (exact) mass is 491 g/mol. The largest absolute Gasteiger partial charge is 0.338 e. The number of aromatic nitrogens is 2. The lowest BCUT2D eigenvalue weighted by molar-refractivity contribution is -0.127. The number of hydrogen-bond acceptors (Lipinski definition) is 6. The zero-order valence-electron chi connectivity index (χ0n) is 19.3. The number of amides is 2. The summed E-state index contributed by atoms with van der Waals surface area (Å²) in [7, 11) is 0. The molecule has 180 valence electrons. The molecule has 0 N–H and O–H groups in total. The van der Waals surface area contributed by atoms with E-state index in [0.29, 0.717) is 42.8 Å². The highest BCUT2D eigenvalue weighted by molar-refractivity contribution is 6.30. The number of hydrogen-bond donors (Lipinski definition) is 0. The van der Waals surface area contributed by atoms with E-state index >= 15 is 0 Å². The first-order chi connectivity index (χ1) is 17.0. The molecule has 2 aromatic carbocycles. The summed E-state index contributed by atoms with van der Waals surface area (Å²) in [5.41, 5.74) is 2.69. The highest BCUT2D eigenvalue weighted by Gasteiger charge is 2.22. The number of rotatable bonds is 6. The van der Waals surface area contributed by atoms with Crippen LogP contribution in [0, 0.1) is 0 Å². The van der Waals surface area contributed by atoms with Gasteiger partial charge in [0.2, 0.25) is 23.5 Å². The van der Waals surface area contributed by atoms with Gasteiger partial charge in [0.25, 0.3) is 0 Å². The summed E-state index contributed by atoms with van der Waals surface area (Å²) in [6.45, 7) is 4.06. The quantitative estimate of drug-likeness (QED) is 0.487. The molecule has 2 saturated heterocycles. The van der Waals surface area contributed by atoms with E-state index in [4.69, 9.17) is 16.1 Å². The molecule has 0 atom stereocenters. The van der Waals surface area contributed by atoms with Gasteiger partial charge in [-0.15, -0.1) is 0 Å². The van der Waals surface area contributed by atoms with E-state index in [9.17, 15) is 9.59 Å². The Morgan fingerprint density at radius 2 is 1.74 bits per heavy atom. The Bertz CT molecular complexity index is 1210. The van der Waals surface area contributed by atoms with Gasteiger partial charge in [-0.1, -0.05) is 28.9 Å². The molecule has 3 heterocycles. The highest BCUT2D eigenvalue weighted by atomic mass is 35.5. The van der Waals surface area contributed by atoms with Crippen molar-refractivity contribution < 1.29 is 14.1 Å². The fourth-order valence-corrected chi connectivity index (χ4v) is 4.44. The van der Waals surface area contributed by atoms with E-state index in [-0.39, 0.29) is 11.8 Å². The van der Waals surface area contributed by atoms with Crippen molar-refractivity contribution in [3.63, 3.8) is 0 Å². The Balaban J connectivity index is 1.10. The van der Waals surface area contributed by atoms with Crippen LogP contribution in [0.5, 0.6) is 0 Å². The molecule has 1 aromatic heterocycles. The first-order valence-electron chi connectivity index (χ1n) is 11.7. The van der Waals surface area contributed by atoms with Crippen LogP contribution in [-0.2, 0) is 16.1 Å². The van der Waals surface area contributed by atoms with Gasteiger partial charge < -0.3 is 14.3 Å². The molecule has 0 radical (unpaired) electrons. The van der Waals surface area contributed by atoms with E-state index in [1.54, 1.807) is 18.2 Å². The van der Waals surface area contributed by atoms with Gasteiger partial charge in [-0.2, -0.15) is 4.98 Å². The van der Waals surface area contributed by atoms with E-state index in [0.717, 1.165) is 42.9 Å². The predicted octanol–water partition coefficient (Wildman–Crippen LogP) is 3.87. The standard InChI is InChI=1S/C26H26ClN5O3/c27-21-8-6-20(7-9-21)26-28-23(35-29-26)18-30-14-16-31(17-15-30)24(33)12-5-19-3-10-22(11-4-19)32-13-1-2-25(32)34/h3-12H,1-2,13-18H2/b12-5+. The number of carbonyl (C=O) groups excluding carboxylic acids is 2. The number of carbonyl (C=O) groups is 2. The molecule has 5 rings (SSSR count). The summed E-state index contributed by atoms with van der Waals surface area (Å²) >= 11 is 5.94. The first kappa shape index (κ1) is 23.3. The van der Waals surface area contributed by atoms with Crippen molar-refractivity contribution >= 4 is 35.2 Å². The van der Waals surface area contributed by atoms with Crippen molar-refractivity contribution in [3.8, 4) is 11.4 Å². The van der Waals surface area contributed by atoms with Crippen LogP contribution < -0.4 is 4.90 Å². The predicted molar refractivity (Wildman–Crippen MR) is 134 cm³/mol. The third-order valence-corrected chi connectivity index (χ3v) is 6.56. The van der Waals surface area contributed by atoms with Gasteiger partial charge in [0.1, 0.15) is 0 Å². The SMILES string of the molecule is O=C(/C=C/c1ccc(N2CCCC2=O)cc1)N1CCN(Cc2nc(-c3ccc(Cl)cc3)no2)CC1. The molecule has 0 spiro atoms. The fourth-order valence-electron chi connectivity index (χ4n) is 4.31. The van der Waals surface area contributed by atoms with Crippen molar-refractivity contribution in [3.05, 3.63) is 71.1 Å². The van der Waals surface area contributed by atoms with Crippen LogP contribution in [0.1, 0.15) is 24.3 Å². The lowest BCUT2D eigenvalue weighted by Gasteiger charge is -2.33. The summed E-state index contributed by atoms with van der Waals surface area (Å²) in [5, 5.41) is 4.72. The summed E-state index contributed by atoms with van der Waals surface area (Å²) in [6.07, 6.45) is 4.95. The van der Waals surface area contributed by atoms with Crippen LogP contribution >= 0.6 is 11.6 Å². The summed E-state index contributed by atoms with van der Waals surface area (Å²) in [5.74, 6) is 1.25.